The number of carbonyl (C=O) groups is 1. The largest absolute Gasteiger partial charge is 0.481 e. The van der Waals surface area contributed by atoms with Gasteiger partial charge < -0.3 is 15.1 Å². The molecule has 0 atom stereocenters. The van der Waals surface area contributed by atoms with E-state index in [2.05, 4.69) is 29.7 Å². The van der Waals surface area contributed by atoms with Crippen LogP contribution in [0.1, 0.15) is 25.0 Å². The lowest BCUT2D eigenvalue weighted by molar-refractivity contribution is -0.134. The summed E-state index contributed by atoms with van der Waals surface area (Å²) in [6.07, 6.45) is 2.02. The van der Waals surface area contributed by atoms with Gasteiger partial charge in [0.2, 0.25) is 0 Å². The number of fused-ring (bicyclic) bond motifs is 1. The van der Waals surface area contributed by atoms with E-state index < -0.39 is 5.97 Å². The van der Waals surface area contributed by atoms with Crippen molar-refractivity contribution in [3.05, 3.63) is 35.5 Å². The van der Waals surface area contributed by atoms with Crippen LogP contribution < -0.4 is 0 Å². The second-order valence-corrected chi connectivity index (χ2v) is 4.32. The first kappa shape index (κ1) is 14.0. The molecule has 1 aromatic carbocycles. The molecule has 4 heteroatoms. The van der Waals surface area contributed by atoms with Gasteiger partial charge in [-0.1, -0.05) is 11.6 Å². The van der Waals surface area contributed by atoms with E-state index in [0.717, 1.165) is 12.5 Å². The maximum Gasteiger partial charge on any atom is 0.300 e. The quantitative estimate of drug-likeness (QED) is 0.760. The van der Waals surface area contributed by atoms with E-state index >= 15 is 0 Å². The minimum Gasteiger partial charge on any atom is -0.481 e. The summed E-state index contributed by atoms with van der Waals surface area (Å²) in [5.74, 6) is -0.833. The molecule has 0 bridgehead atoms. The SMILES string of the molecule is CC(=N)c1cn(C)c2ccc(C)cc12.CC(=O)O. The third kappa shape index (κ3) is 3.20. The van der Waals surface area contributed by atoms with E-state index in [0.29, 0.717) is 5.71 Å². The Bertz CT molecular complexity index is 593. The molecule has 2 N–H and O–H groups in total. The highest BCUT2D eigenvalue weighted by Crippen LogP contribution is 2.22. The van der Waals surface area contributed by atoms with Crippen molar-refractivity contribution >= 4 is 22.6 Å². The fourth-order valence-corrected chi connectivity index (χ4v) is 1.80. The first-order valence-corrected chi connectivity index (χ1v) is 5.63. The van der Waals surface area contributed by atoms with Crippen LogP contribution in [0.15, 0.2) is 24.4 Å². The van der Waals surface area contributed by atoms with Crippen molar-refractivity contribution in [1.82, 2.24) is 4.57 Å². The smallest absolute Gasteiger partial charge is 0.300 e. The third-order valence-corrected chi connectivity index (χ3v) is 2.55. The van der Waals surface area contributed by atoms with E-state index in [9.17, 15) is 0 Å². The summed E-state index contributed by atoms with van der Waals surface area (Å²) in [5, 5.41) is 16.3. The molecule has 2 rings (SSSR count). The van der Waals surface area contributed by atoms with Gasteiger partial charge in [-0.15, -0.1) is 0 Å². The molecule has 18 heavy (non-hydrogen) atoms. The van der Waals surface area contributed by atoms with Crippen LogP contribution in [0.4, 0.5) is 0 Å². The normalized spacial score (nSPS) is 9.78. The summed E-state index contributed by atoms with van der Waals surface area (Å²) in [6.45, 7) is 4.99. The van der Waals surface area contributed by atoms with E-state index in [1.54, 1.807) is 0 Å². The molecule has 2 aromatic rings. The number of hydrogen-bond donors (Lipinski definition) is 2. The highest BCUT2D eigenvalue weighted by molar-refractivity contribution is 6.08. The minimum atomic E-state index is -0.833. The average Bonchev–Trinajstić information content (AvgIpc) is 2.55. The number of aromatic nitrogens is 1. The Hall–Kier alpha value is -2.10. The van der Waals surface area contributed by atoms with Gasteiger partial charge in [-0.2, -0.15) is 0 Å². The average molecular weight is 246 g/mol. The van der Waals surface area contributed by atoms with Crippen molar-refractivity contribution in [2.24, 2.45) is 7.05 Å². The molecular weight excluding hydrogens is 228 g/mol. The Labute approximate surface area is 106 Å². The molecule has 0 unspecified atom stereocenters. The molecule has 4 nitrogen and oxygen atoms in total. The summed E-state index contributed by atoms with van der Waals surface area (Å²) < 4.78 is 2.07. The number of rotatable bonds is 1. The van der Waals surface area contributed by atoms with E-state index in [4.69, 9.17) is 15.3 Å². The molecule has 0 saturated heterocycles. The van der Waals surface area contributed by atoms with Crippen LogP contribution in [-0.2, 0) is 11.8 Å². The molecule has 0 saturated carbocycles. The van der Waals surface area contributed by atoms with Crippen LogP contribution in [0, 0.1) is 12.3 Å². The van der Waals surface area contributed by atoms with Crippen molar-refractivity contribution in [2.75, 3.05) is 0 Å². The molecule has 0 spiro atoms. The van der Waals surface area contributed by atoms with Gasteiger partial charge in [0.1, 0.15) is 0 Å². The zero-order valence-electron chi connectivity index (χ0n) is 11.1. The molecule has 0 fully saturated rings. The highest BCUT2D eigenvalue weighted by atomic mass is 16.4. The molecular formula is C14H18N2O2. The monoisotopic (exact) mass is 246 g/mol. The van der Waals surface area contributed by atoms with Crippen LogP contribution in [0.2, 0.25) is 0 Å². The number of nitrogens with zero attached hydrogens (tertiary/aromatic N) is 1. The van der Waals surface area contributed by atoms with Gasteiger partial charge in [0.05, 0.1) is 0 Å². The summed E-state index contributed by atoms with van der Waals surface area (Å²) >= 11 is 0. The van der Waals surface area contributed by atoms with Crippen LogP contribution in [-0.4, -0.2) is 21.4 Å². The Morgan fingerprint density at radius 3 is 2.39 bits per heavy atom. The standard InChI is InChI=1S/C12H14N2.C2H4O2/c1-8-4-5-12-10(6-8)11(9(2)13)7-14(12)3;1-2(3)4/h4-7,13H,1-3H3;1H3,(H,3,4). The predicted octanol–water partition coefficient (Wildman–Crippen LogP) is 2.97. The maximum atomic E-state index is 9.00. The minimum absolute atomic E-state index is 0.626. The van der Waals surface area contributed by atoms with Crippen LogP contribution in [0.25, 0.3) is 10.9 Å². The Morgan fingerprint density at radius 1 is 1.33 bits per heavy atom. The molecule has 0 radical (unpaired) electrons. The Kier molecular flexibility index (Phi) is 4.26. The molecule has 1 aromatic heterocycles. The molecule has 0 aliphatic carbocycles. The van der Waals surface area contributed by atoms with E-state index in [-0.39, 0.29) is 0 Å². The second kappa shape index (κ2) is 5.49. The second-order valence-electron chi connectivity index (χ2n) is 4.32. The van der Waals surface area contributed by atoms with Gasteiger partial charge >= 0.3 is 0 Å². The lowest BCUT2D eigenvalue weighted by atomic mass is 10.1. The van der Waals surface area contributed by atoms with E-state index in [1.165, 1.54) is 16.5 Å². The number of aryl methyl sites for hydroxylation is 2. The first-order valence-electron chi connectivity index (χ1n) is 5.63. The van der Waals surface area contributed by atoms with Crippen molar-refractivity contribution in [3.63, 3.8) is 0 Å². The topological polar surface area (TPSA) is 66.1 Å². The summed E-state index contributed by atoms with van der Waals surface area (Å²) in [4.78, 5) is 9.00. The predicted molar refractivity (Wildman–Crippen MR) is 73.5 cm³/mol. The number of hydrogen-bond acceptors (Lipinski definition) is 2. The number of benzene rings is 1. The van der Waals surface area contributed by atoms with Crippen molar-refractivity contribution in [1.29, 1.82) is 5.41 Å². The lowest BCUT2D eigenvalue weighted by Crippen LogP contribution is -1.89. The van der Waals surface area contributed by atoms with Gasteiger partial charge in [0, 0.05) is 42.3 Å². The Morgan fingerprint density at radius 2 is 1.89 bits per heavy atom. The number of carboxylic acids is 1. The third-order valence-electron chi connectivity index (χ3n) is 2.55. The van der Waals surface area contributed by atoms with Crippen LogP contribution in [0.3, 0.4) is 0 Å². The molecule has 0 amide bonds. The van der Waals surface area contributed by atoms with Gasteiger partial charge in [0.15, 0.2) is 0 Å². The number of nitrogens with one attached hydrogen (secondary N) is 1. The van der Waals surface area contributed by atoms with Crippen LogP contribution in [0.5, 0.6) is 0 Å². The molecule has 96 valence electrons. The van der Waals surface area contributed by atoms with E-state index in [1.807, 2.05) is 20.2 Å². The van der Waals surface area contributed by atoms with Gasteiger partial charge in [-0.05, 0) is 26.0 Å². The number of aliphatic carboxylic acids is 1. The maximum absolute atomic E-state index is 9.00. The highest BCUT2D eigenvalue weighted by Gasteiger charge is 2.07. The number of carboxylic acid groups (broad SMARTS) is 1. The molecule has 0 aliphatic rings. The summed E-state index contributed by atoms with van der Waals surface area (Å²) in [7, 11) is 2.02. The fraction of sp³-hybridized carbons (Fsp3) is 0.286. The van der Waals surface area contributed by atoms with Gasteiger partial charge in [-0.25, -0.2) is 0 Å². The zero-order valence-corrected chi connectivity index (χ0v) is 11.1. The zero-order chi connectivity index (χ0) is 13.9. The van der Waals surface area contributed by atoms with Crippen molar-refractivity contribution in [3.8, 4) is 0 Å². The van der Waals surface area contributed by atoms with Gasteiger partial charge in [0.25, 0.3) is 5.97 Å². The molecule has 0 aliphatic heterocycles. The van der Waals surface area contributed by atoms with Gasteiger partial charge in [-0.3, -0.25) is 4.79 Å². The fourth-order valence-electron chi connectivity index (χ4n) is 1.80. The first-order chi connectivity index (χ1) is 8.32. The van der Waals surface area contributed by atoms with Crippen molar-refractivity contribution < 1.29 is 9.90 Å². The summed E-state index contributed by atoms with van der Waals surface area (Å²) in [6, 6.07) is 6.35. The lowest BCUT2D eigenvalue weighted by Gasteiger charge is -1.97. The summed E-state index contributed by atoms with van der Waals surface area (Å²) in [5.41, 5.74) is 4.09. The Balaban J connectivity index is 0.000000357. The van der Waals surface area contributed by atoms with Crippen molar-refractivity contribution in [2.45, 2.75) is 20.8 Å². The van der Waals surface area contributed by atoms with Crippen LogP contribution >= 0.6 is 0 Å². The molecule has 1 heterocycles.